The number of hydrogen-bond acceptors (Lipinski definition) is 4. The largest absolute Gasteiger partial charge is 0.778 e. The molecule has 0 radical (unpaired) electrons. The molecule has 0 aromatic carbocycles. The fourth-order valence-corrected chi connectivity index (χ4v) is 14.6. The van der Waals surface area contributed by atoms with E-state index in [2.05, 4.69) is 311 Å². The van der Waals surface area contributed by atoms with Crippen LogP contribution in [0.2, 0.25) is 0 Å². The molecular formula is C94H140N2O4P+. The first-order valence-electron chi connectivity index (χ1n) is 38.0. The average Bonchev–Trinajstić information content (AvgIpc) is 0.725. The van der Waals surface area contributed by atoms with E-state index in [4.69, 9.17) is 4.52 Å². The van der Waals surface area contributed by atoms with Crippen molar-refractivity contribution in [2.45, 2.75) is 275 Å². The van der Waals surface area contributed by atoms with Crippen LogP contribution >= 0.6 is 7.60 Å². The zero-order valence-electron chi connectivity index (χ0n) is 67.1. The highest BCUT2D eigenvalue weighted by Crippen LogP contribution is 2.45. The molecule has 6 rings (SSSR count). The minimum atomic E-state index is -3.58. The molecule has 1 N–H and O–H groups in total. The van der Waals surface area contributed by atoms with Gasteiger partial charge in [-0.3, -0.25) is 0 Å². The Morgan fingerprint density at radius 2 is 0.822 bits per heavy atom. The molecule has 0 bridgehead atoms. The van der Waals surface area contributed by atoms with Gasteiger partial charge in [0.05, 0.1) is 6.61 Å². The van der Waals surface area contributed by atoms with Crippen molar-refractivity contribution in [3.05, 3.63) is 247 Å². The van der Waals surface area contributed by atoms with Crippen molar-refractivity contribution in [3.63, 3.8) is 0 Å². The summed E-state index contributed by atoms with van der Waals surface area (Å²) in [6.07, 6.45) is 70.6. The van der Waals surface area contributed by atoms with Crippen molar-refractivity contribution >= 4 is 31.9 Å². The average molecular weight is 1390 g/mol. The van der Waals surface area contributed by atoms with Crippen LogP contribution in [0.5, 0.6) is 0 Å². The molecule has 0 saturated heterocycles. The van der Waals surface area contributed by atoms with Crippen LogP contribution in [0.25, 0.3) is 24.3 Å². The molecule has 554 valence electrons. The van der Waals surface area contributed by atoms with Crippen molar-refractivity contribution in [2.24, 2.45) is 27.6 Å². The summed E-state index contributed by atoms with van der Waals surface area (Å²) < 4.78 is 20.5. The molecule has 0 saturated carbocycles. The van der Waals surface area contributed by atoms with Gasteiger partial charge in [0.2, 0.25) is 11.4 Å². The van der Waals surface area contributed by atoms with Crippen LogP contribution in [0.1, 0.15) is 279 Å². The summed E-state index contributed by atoms with van der Waals surface area (Å²) in [7, 11) is -3.58. The molecule has 0 fully saturated rings. The van der Waals surface area contributed by atoms with Gasteiger partial charge in [0.1, 0.15) is 20.7 Å². The molecule has 0 aliphatic heterocycles. The van der Waals surface area contributed by atoms with E-state index in [0.29, 0.717) is 19.1 Å². The molecule has 7 heteroatoms. The third kappa shape index (κ3) is 30.9. The fourth-order valence-electron chi connectivity index (χ4n) is 13.8. The minimum absolute atomic E-state index is 0. The highest BCUT2D eigenvalue weighted by Gasteiger charge is 2.30. The molecule has 101 heavy (non-hydrogen) atoms. The van der Waals surface area contributed by atoms with Gasteiger partial charge in [-0.05, 0) is 218 Å². The second-order valence-corrected chi connectivity index (χ2v) is 34.6. The van der Waals surface area contributed by atoms with Gasteiger partial charge >= 0.3 is 0 Å². The lowest BCUT2D eigenvalue weighted by Crippen LogP contribution is -2.38. The lowest BCUT2D eigenvalue weighted by molar-refractivity contribution is -0.699. The van der Waals surface area contributed by atoms with Crippen LogP contribution in [0.3, 0.4) is 0 Å². The normalized spacial score (nSPS) is 20.0. The molecule has 4 aliphatic rings. The number of pyridine rings is 2. The van der Waals surface area contributed by atoms with Gasteiger partial charge in [-0.15, -0.1) is 0 Å². The van der Waals surface area contributed by atoms with E-state index in [0.717, 1.165) is 36.2 Å². The molecule has 6 nitrogen and oxygen atoms in total. The monoisotopic (exact) mass is 1390 g/mol. The maximum atomic E-state index is 11.2. The maximum Gasteiger partial charge on any atom is 0.206 e. The molecule has 2 heterocycles. The maximum absolute atomic E-state index is 11.2. The van der Waals surface area contributed by atoms with Crippen molar-refractivity contribution < 1.29 is 28.2 Å². The van der Waals surface area contributed by atoms with Crippen molar-refractivity contribution in [2.75, 3.05) is 13.2 Å². The van der Waals surface area contributed by atoms with Crippen LogP contribution in [0, 0.1) is 27.6 Å². The number of allylic oxidation sites excluding steroid dienone is 32. The number of hydrogen-bond donors (Lipinski definition) is 1. The van der Waals surface area contributed by atoms with Gasteiger partial charge in [0.25, 0.3) is 0 Å². The Balaban J connectivity index is 0.000000447. The topological polar surface area (TPSA) is 77.3 Å². The van der Waals surface area contributed by atoms with Crippen LogP contribution in [-0.4, -0.2) is 24.0 Å². The summed E-state index contributed by atoms with van der Waals surface area (Å²) in [5.41, 5.74) is 24.9. The van der Waals surface area contributed by atoms with E-state index < -0.39 is 13.3 Å². The first kappa shape index (κ1) is 88.9. The summed E-state index contributed by atoms with van der Waals surface area (Å²) in [5.74, 6) is 0.311. The van der Waals surface area contributed by atoms with Crippen molar-refractivity contribution in [1.29, 1.82) is 0 Å². The van der Waals surface area contributed by atoms with Gasteiger partial charge in [0, 0.05) is 48.5 Å². The molecule has 0 spiro atoms. The predicted molar refractivity (Wildman–Crippen MR) is 442 cm³/mol. The van der Waals surface area contributed by atoms with Crippen molar-refractivity contribution in [3.8, 4) is 0 Å². The Morgan fingerprint density at radius 3 is 1.11 bits per heavy atom. The predicted octanol–water partition coefficient (Wildman–Crippen LogP) is 26.1. The number of rotatable bonds is 27. The molecule has 2 atom stereocenters. The minimum Gasteiger partial charge on any atom is -0.778 e. The van der Waals surface area contributed by atoms with Gasteiger partial charge < -0.3 is 19.1 Å². The summed E-state index contributed by atoms with van der Waals surface area (Å²) >= 11 is 0. The third-order valence-electron chi connectivity index (χ3n) is 20.6. The Kier molecular flexibility index (Phi) is 38.0. The zero-order valence-corrected chi connectivity index (χ0v) is 68.0. The quantitative estimate of drug-likeness (QED) is 0.0549. The first-order chi connectivity index (χ1) is 47.0. The third-order valence-corrected chi connectivity index (χ3v) is 22.3. The number of aliphatic hydroxyl groups is 1. The highest BCUT2D eigenvalue weighted by atomic mass is 31.2. The summed E-state index contributed by atoms with van der Waals surface area (Å²) in [6.45, 7) is 52.7. The summed E-state index contributed by atoms with van der Waals surface area (Å²) in [6, 6.07) is 8.81. The van der Waals surface area contributed by atoms with E-state index in [1.54, 1.807) is 25.0 Å². The van der Waals surface area contributed by atoms with E-state index in [-0.39, 0.29) is 35.7 Å². The fraction of sp³-hybridized carbons (Fsp3) is 0.511. The second kappa shape index (κ2) is 43.1. The SMILES string of the molecule is C.CC1=C(/C=C/C(C)=C/C=C/C(C)=C/c2cc(/C=C/C=C(C)/C=C/C3=C(C)CCCC3(C)C)cc[n+]2CCO)C(C)(C)CCC1.CCC(C)COP(=O)([O-])C(C)C.CCC[n+]1ccc(/C=C/C=C(C)/C=C/C2=C(C)CCCC2(C)C)cc1/C=C(C)/C=C/C=C(C)/C=C/C1=C(C)CCCC1(C)C. The van der Waals surface area contributed by atoms with Crippen LogP contribution in [0.15, 0.2) is 224 Å². The van der Waals surface area contributed by atoms with E-state index in [1.807, 2.05) is 13.8 Å². The van der Waals surface area contributed by atoms with Gasteiger partial charge in [0.15, 0.2) is 18.9 Å². The summed E-state index contributed by atoms with van der Waals surface area (Å²) in [4.78, 5) is 11.2. The first-order valence-corrected chi connectivity index (χ1v) is 39.6. The van der Waals surface area contributed by atoms with Crippen LogP contribution in [0.4, 0.5) is 0 Å². The van der Waals surface area contributed by atoms with Gasteiger partial charge in [-0.1, -0.05) is 270 Å². The van der Waals surface area contributed by atoms with E-state index in [1.165, 1.54) is 150 Å². The lowest BCUT2D eigenvalue weighted by Gasteiger charge is -2.33. The number of aliphatic hydroxyl groups excluding tert-OH is 1. The highest BCUT2D eigenvalue weighted by molar-refractivity contribution is 7.52. The lowest BCUT2D eigenvalue weighted by atomic mass is 9.72. The Morgan fingerprint density at radius 1 is 0.505 bits per heavy atom. The van der Waals surface area contributed by atoms with E-state index >= 15 is 0 Å². The Bertz CT molecular complexity index is 3470. The van der Waals surface area contributed by atoms with Crippen LogP contribution < -0.4 is 14.0 Å². The van der Waals surface area contributed by atoms with Crippen molar-refractivity contribution in [1.82, 2.24) is 0 Å². The number of aromatic nitrogens is 2. The molecule has 2 unspecified atom stereocenters. The zero-order chi connectivity index (χ0) is 74.4. The van der Waals surface area contributed by atoms with Gasteiger partial charge in [-0.2, -0.15) is 9.13 Å². The number of nitrogens with zero attached hydrogens (tertiary/aromatic N) is 2. The molecule has 0 amide bonds. The Hall–Kier alpha value is -6.27. The van der Waals surface area contributed by atoms with Crippen LogP contribution in [-0.2, 0) is 22.2 Å². The van der Waals surface area contributed by atoms with Gasteiger partial charge in [-0.25, -0.2) is 0 Å². The Labute approximate surface area is 619 Å². The summed E-state index contributed by atoms with van der Waals surface area (Å²) in [5, 5.41) is 9.64. The molecular weight excluding hydrogens is 1250 g/mol. The standard InChI is InChI=1S/C43H60N.C42H58NO.C8H19O3P.CH4/c1-11-29-44-30-26-38(21-13-17-34(3)23-25-41-37(6)20-15-28-43(41,9)10)32-39(44)31-35(4)18-12-16-33(2)22-24-40-36(5)19-14-27-42(40,7)8;1-32(20-22-39-35(4)17-12-25-41(39,6)7)14-10-16-34(3)30-38-31-37(24-27-43(38)28-29-44)19-11-15-33(2)21-23-40-36(5)18-13-26-42(40,8)9;1-5-8(4)6-11-12(9,10)7(2)3;/h12-13,16-18,21-26,30-32H,11,14-15,19-20,27-29H2,1-10H3;10-11,14-16,19-24,27,30-31,44H,12-13,17-18,25-26,28-29H2,1-9H3;7-8H,5-6H2,1-4H3,(H,9,10);1H4/q2*+1;;/p-1/b18-12+,21-13+,24-22+,25-23+,33-16+,34-17+,35-31+;16-10+,19-11+,22-20+,23-21+,32-14+,33-15+,34-30+;;. The molecule has 2 aromatic rings. The smallest absolute Gasteiger partial charge is 0.206 e. The molecule has 4 aliphatic carbocycles. The second-order valence-electron chi connectivity index (χ2n) is 32.2. The number of aryl methyl sites for hydroxylation is 1. The molecule has 2 aromatic heterocycles. The van der Waals surface area contributed by atoms with E-state index in [9.17, 15) is 14.6 Å².